The highest BCUT2D eigenvalue weighted by Crippen LogP contribution is 2.30. The summed E-state index contributed by atoms with van der Waals surface area (Å²) in [7, 11) is 0. The van der Waals surface area contributed by atoms with Crippen LogP contribution < -0.4 is 4.74 Å². The minimum Gasteiger partial charge on any atom is -0.487 e. The van der Waals surface area contributed by atoms with E-state index in [4.69, 9.17) is 4.74 Å². The standard InChI is InChI=1S/C13H22N2O/c1-3-11-7-5-6-8-13(11)16-12-9-14-15(4-2)10-12/h9-11,13H,3-8H2,1-2H3. The third kappa shape index (κ3) is 2.57. The third-order valence-corrected chi connectivity index (χ3v) is 3.58. The van der Waals surface area contributed by atoms with Crippen LogP contribution in [0.2, 0.25) is 0 Å². The second-order valence-corrected chi connectivity index (χ2v) is 4.64. The lowest BCUT2D eigenvalue weighted by molar-refractivity contribution is 0.0903. The molecule has 2 atom stereocenters. The van der Waals surface area contributed by atoms with Crippen LogP contribution in [-0.2, 0) is 6.54 Å². The maximum Gasteiger partial charge on any atom is 0.157 e. The summed E-state index contributed by atoms with van der Waals surface area (Å²) in [6.07, 6.45) is 10.7. The zero-order chi connectivity index (χ0) is 11.4. The third-order valence-electron chi connectivity index (χ3n) is 3.58. The first-order valence-electron chi connectivity index (χ1n) is 6.52. The molecule has 1 fully saturated rings. The second kappa shape index (κ2) is 5.37. The van der Waals surface area contributed by atoms with Crippen LogP contribution in [-0.4, -0.2) is 15.9 Å². The quantitative estimate of drug-likeness (QED) is 0.782. The van der Waals surface area contributed by atoms with E-state index in [1.54, 1.807) is 0 Å². The van der Waals surface area contributed by atoms with E-state index in [9.17, 15) is 0 Å². The summed E-state index contributed by atoms with van der Waals surface area (Å²) in [6.45, 7) is 5.26. The zero-order valence-electron chi connectivity index (χ0n) is 10.4. The predicted molar refractivity (Wildman–Crippen MR) is 64.6 cm³/mol. The fourth-order valence-electron chi connectivity index (χ4n) is 2.55. The molecule has 2 unspecified atom stereocenters. The summed E-state index contributed by atoms with van der Waals surface area (Å²) in [5.74, 6) is 1.67. The highest BCUT2D eigenvalue weighted by Gasteiger charge is 2.25. The molecule has 1 heterocycles. The van der Waals surface area contributed by atoms with Gasteiger partial charge in [-0.05, 0) is 38.5 Å². The van der Waals surface area contributed by atoms with Crippen LogP contribution in [0.15, 0.2) is 12.4 Å². The van der Waals surface area contributed by atoms with Crippen LogP contribution in [0.25, 0.3) is 0 Å². The first-order valence-corrected chi connectivity index (χ1v) is 6.52. The molecule has 90 valence electrons. The number of aromatic nitrogens is 2. The van der Waals surface area contributed by atoms with Crippen molar-refractivity contribution in [3.8, 4) is 5.75 Å². The Balaban J connectivity index is 1.96. The average molecular weight is 222 g/mol. The van der Waals surface area contributed by atoms with Gasteiger partial charge >= 0.3 is 0 Å². The summed E-state index contributed by atoms with van der Waals surface area (Å²) >= 11 is 0. The molecule has 0 spiro atoms. The maximum absolute atomic E-state index is 6.06. The minimum atomic E-state index is 0.410. The molecular formula is C13H22N2O. The molecule has 0 saturated heterocycles. The van der Waals surface area contributed by atoms with Crippen molar-refractivity contribution in [2.24, 2.45) is 5.92 Å². The zero-order valence-corrected chi connectivity index (χ0v) is 10.4. The van der Waals surface area contributed by atoms with E-state index in [-0.39, 0.29) is 0 Å². The summed E-state index contributed by atoms with van der Waals surface area (Å²) in [5, 5.41) is 4.24. The van der Waals surface area contributed by atoms with Gasteiger partial charge in [0.1, 0.15) is 6.10 Å². The lowest BCUT2D eigenvalue weighted by atomic mass is 9.85. The van der Waals surface area contributed by atoms with Gasteiger partial charge in [0.05, 0.1) is 12.4 Å². The molecule has 3 nitrogen and oxygen atoms in total. The molecule has 0 aliphatic heterocycles. The van der Waals surface area contributed by atoms with Crippen molar-refractivity contribution in [1.82, 2.24) is 9.78 Å². The van der Waals surface area contributed by atoms with Crippen molar-refractivity contribution >= 4 is 0 Å². The molecule has 0 amide bonds. The molecule has 3 heteroatoms. The first-order chi connectivity index (χ1) is 7.83. The first kappa shape index (κ1) is 11.5. The van der Waals surface area contributed by atoms with E-state index in [1.807, 2.05) is 17.1 Å². The van der Waals surface area contributed by atoms with Crippen molar-refractivity contribution in [1.29, 1.82) is 0 Å². The summed E-state index contributed by atoms with van der Waals surface area (Å²) in [4.78, 5) is 0. The Bertz CT molecular complexity index is 321. The Kier molecular flexibility index (Phi) is 3.86. The van der Waals surface area contributed by atoms with Gasteiger partial charge < -0.3 is 4.74 Å². The topological polar surface area (TPSA) is 27.1 Å². The molecule has 2 rings (SSSR count). The maximum atomic E-state index is 6.06. The highest BCUT2D eigenvalue weighted by atomic mass is 16.5. The molecule has 1 aliphatic carbocycles. The van der Waals surface area contributed by atoms with Crippen LogP contribution >= 0.6 is 0 Å². The van der Waals surface area contributed by atoms with Crippen LogP contribution in [0.4, 0.5) is 0 Å². The van der Waals surface area contributed by atoms with Crippen molar-refractivity contribution in [2.45, 2.75) is 58.6 Å². The number of ether oxygens (including phenoxy) is 1. The van der Waals surface area contributed by atoms with Crippen molar-refractivity contribution in [3.05, 3.63) is 12.4 Å². The van der Waals surface area contributed by atoms with Crippen LogP contribution in [0.3, 0.4) is 0 Å². The van der Waals surface area contributed by atoms with Gasteiger partial charge in [0.15, 0.2) is 5.75 Å². The summed E-state index contributed by atoms with van der Waals surface area (Å²) < 4.78 is 7.97. The smallest absolute Gasteiger partial charge is 0.157 e. The van der Waals surface area contributed by atoms with Gasteiger partial charge in [-0.2, -0.15) is 5.10 Å². The van der Waals surface area contributed by atoms with E-state index in [2.05, 4.69) is 18.9 Å². The Morgan fingerprint density at radius 2 is 2.19 bits per heavy atom. The number of aryl methyl sites for hydroxylation is 1. The number of rotatable bonds is 4. The molecule has 0 bridgehead atoms. The fraction of sp³-hybridized carbons (Fsp3) is 0.769. The average Bonchev–Trinajstić information content (AvgIpc) is 2.77. The highest BCUT2D eigenvalue weighted by molar-refractivity contribution is 5.12. The largest absolute Gasteiger partial charge is 0.487 e. The fourth-order valence-corrected chi connectivity index (χ4v) is 2.55. The van der Waals surface area contributed by atoms with Crippen LogP contribution in [0.5, 0.6) is 5.75 Å². The van der Waals surface area contributed by atoms with Gasteiger partial charge in [-0.1, -0.05) is 13.3 Å². The van der Waals surface area contributed by atoms with Crippen LogP contribution in [0.1, 0.15) is 46.0 Å². The summed E-state index contributed by atoms with van der Waals surface area (Å²) in [6, 6.07) is 0. The van der Waals surface area contributed by atoms with Gasteiger partial charge in [-0.25, -0.2) is 0 Å². The van der Waals surface area contributed by atoms with E-state index in [1.165, 1.54) is 32.1 Å². The van der Waals surface area contributed by atoms with E-state index in [0.717, 1.165) is 18.2 Å². The monoisotopic (exact) mass is 222 g/mol. The van der Waals surface area contributed by atoms with E-state index in [0.29, 0.717) is 6.10 Å². The Labute approximate surface area is 97.8 Å². The number of hydrogen-bond acceptors (Lipinski definition) is 2. The molecule has 0 radical (unpaired) electrons. The molecule has 0 aromatic carbocycles. The summed E-state index contributed by atoms with van der Waals surface area (Å²) in [5.41, 5.74) is 0. The lowest BCUT2D eigenvalue weighted by Gasteiger charge is -2.30. The molecule has 1 saturated carbocycles. The molecule has 1 aliphatic rings. The van der Waals surface area contributed by atoms with E-state index >= 15 is 0 Å². The Morgan fingerprint density at radius 1 is 1.38 bits per heavy atom. The van der Waals surface area contributed by atoms with Gasteiger partial charge in [-0.3, -0.25) is 4.68 Å². The van der Waals surface area contributed by atoms with Crippen LogP contribution in [0, 0.1) is 5.92 Å². The minimum absolute atomic E-state index is 0.410. The molecular weight excluding hydrogens is 200 g/mol. The van der Waals surface area contributed by atoms with Gasteiger partial charge in [-0.15, -0.1) is 0 Å². The molecule has 0 N–H and O–H groups in total. The van der Waals surface area contributed by atoms with E-state index < -0.39 is 0 Å². The lowest BCUT2D eigenvalue weighted by Crippen LogP contribution is -2.29. The van der Waals surface area contributed by atoms with Gasteiger partial charge in [0.2, 0.25) is 0 Å². The second-order valence-electron chi connectivity index (χ2n) is 4.64. The van der Waals surface area contributed by atoms with Crippen molar-refractivity contribution < 1.29 is 4.74 Å². The molecule has 16 heavy (non-hydrogen) atoms. The number of hydrogen-bond donors (Lipinski definition) is 0. The Morgan fingerprint density at radius 3 is 2.88 bits per heavy atom. The van der Waals surface area contributed by atoms with Crippen molar-refractivity contribution in [3.63, 3.8) is 0 Å². The Hall–Kier alpha value is -0.990. The van der Waals surface area contributed by atoms with Crippen molar-refractivity contribution in [2.75, 3.05) is 0 Å². The number of nitrogens with zero attached hydrogens (tertiary/aromatic N) is 2. The molecule has 1 aromatic rings. The van der Waals surface area contributed by atoms with Gasteiger partial charge in [0.25, 0.3) is 0 Å². The van der Waals surface area contributed by atoms with Gasteiger partial charge in [0, 0.05) is 6.54 Å². The molecule has 1 aromatic heterocycles. The predicted octanol–water partition coefficient (Wildman–Crippen LogP) is 3.25. The normalized spacial score (nSPS) is 25.6. The SMILES string of the molecule is CCC1CCCCC1Oc1cnn(CC)c1.